The minimum absolute atomic E-state index is 0.0198. The zero-order valence-electron chi connectivity index (χ0n) is 21.5. The van der Waals surface area contributed by atoms with Gasteiger partial charge in [0.2, 0.25) is 10.6 Å². The van der Waals surface area contributed by atoms with Crippen LogP contribution in [0, 0.1) is 0 Å². The van der Waals surface area contributed by atoms with Gasteiger partial charge in [-0.3, -0.25) is 14.2 Å². The highest BCUT2D eigenvalue weighted by Crippen LogP contribution is 2.32. The van der Waals surface area contributed by atoms with E-state index in [0.717, 1.165) is 30.0 Å². The number of nitrogens with zero attached hydrogens (tertiary/aromatic N) is 3. The van der Waals surface area contributed by atoms with Crippen LogP contribution in [0.2, 0.25) is 5.02 Å². The fourth-order valence-electron chi connectivity index (χ4n) is 4.03. The third-order valence-electron chi connectivity index (χ3n) is 6.02. The Labute approximate surface area is 247 Å². The molecular formula is C27H25BrClN5O5S. The molecule has 0 aliphatic carbocycles. The molecule has 0 spiro atoms. The fraction of sp³-hybridized carbons (Fsp3) is 0.222. The number of ether oxygens (including phenoxy) is 1. The molecule has 0 saturated heterocycles. The summed E-state index contributed by atoms with van der Waals surface area (Å²) in [5.41, 5.74) is 2.56. The van der Waals surface area contributed by atoms with Gasteiger partial charge in [0.15, 0.2) is 11.2 Å². The first-order valence-electron chi connectivity index (χ1n) is 12.1. The normalized spacial score (nSPS) is 11.7. The molecule has 1 heterocycles. The van der Waals surface area contributed by atoms with Crippen molar-refractivity contribution in [3.8, 4) is 5.69 Å². The topological polar surface area (TPSA) is 135 Å². The number of thioether (sulfide) groups is 1. The summed E-state index contributed by atoms with van der Waals surface area (Å²) in [6.45, 7) is 1.49. The number of halogens is 2. The van der Waals surface area contributed by atoms with Gasteiger partial charge in [0.25, 0.3) is 5.91 Å². The number of aliphatic hydroxyl groups is 1. The van der Waals surface area contributed by atoms with Crippen molar-refractivity contribution in [3.05, 3.63) is 75.5 Å². The number of nitrogens with one attached hydrogen (secondary N) is 2. The fourth-order valence-corrected chi connectivity index (χ4v) is 5.56. The highest BCUT2D eigenvalue weighted by Gasteiger charge is 2.22. The summed E-state index contributed by atoms with van der Waals surface area (Å²) < 4.78 is 6.91. The van der Waals surface area contributed by atoms with Crippen LogP contribution in [0.1, 0.15) is 22.8 Å². The van der Waals surface area contributed by atoms with E-state index in [1.807, 2.05) is 28.8 Å². The predicted molar refractivity (Wildman–Crippen MR) is 157 cm³/mol. The second-order valence-electron chi connectivity index (χ2n) is 8.49. The lowest BCUT2D eigenvalue weighted by Crippen LogP contribution is -2.44. The Morgan fingerprint density at radius 3 is 2.55 bits per heavy atom. The van der Waals surface area contributed by atoms with Gasteiger partial charge in [-0.1, -0.05) is 60.6 Å². The van der Waals surface area contributed by atoms with E-state index in [0.29, 0.717) is 15.6 Å². The summed E-state index contributed by atoms with van der Waals surface area (Å²) in [6.07, 6.45) is 0.900. The summed E-state index contributed by atoms with van der Waals surface area (Å²) in [4.78, 5) is 36.8. The second kappa shape index (κ2) is 13.3. The molecule has 10 nitrogen and oxygen atoms in total. The minimum atomic E-state index is -1.21. The Hall–Kier alpha value is -3.45. The number of benzene rings is 3. The second-order valence-corrected chi connectivity index (χ2v) is 10.6. The molecule has 1 atom stereocenters. The third-order valence-corrected chi connectivity index (χ3v) is 7.77. The number of fused-ring (bicyclic) bond motifs is 1. The maximum absolute atomic E-state index is 12.8. The molecule has 3 N–H and O–H groups in total. The SMILES string of the molecule is CCc1ccc(-n2c(Br)nnc2SCC(=O)Nc2ccc(C(=O)N[C@@H](CO)C(=O)OC)cc2Cl)c2ccccc12. The highest BCUT2D eigenvalue weighted by molar-refractivity contribution is 9.10. The highest BCUT2D eigenvalue weighted by atomic mass is 79.9. The number of carbonyl (C=O) groups excluding carboxylic acids is 3. The van der Waals surface area contributed by atoms with Crippen LogP contribution in [-0.2, 0) is 20.7 Å². The monoisotopic (exact) mass is 645 g/mol. The van der Waals surface area contributed by atoms with E-state index in [9.17, 15) is 19.5 Å². The van der Waals surface area contributed by atoms with Gasteiger partial charge < -0.3 is 20.5 Å². The molecule has 4 aromatic rings. The molecule has 2 amide bonds. The molecular weight excluding hydrogens is 622 g/mol. The summed E-state index contributed by atoms with van der Waals surface area (Å²) in [7, 11) is 1.15. The van der Waals surface area contributed by atoms with E-state index in [-0.39, 0.29) is 22.2 Å². The van der Waals surface area contributed by atoms with Crippen molar-refractivity contribution in [1.82, 2.24) is 20.1 Å². The summed E-state index contributed by atoms with van der Waals surface area (Å²) in [5.74, 6) is -1.74. The number of rotatable bonds is 10. The van der Waals surface area contributed by atoms with E-state index >= 15 is 0 Å². The van der Waals surface area contributed by atoms with Crippen molar-refractivity contribution in [2.45, 2.75) is 24.5 Å². The first kappa shape index (κ1) is 29.5. The molecule has 0 bridgehead atoms. The van der Waals surface area contributed by atoms with E-state index in [1.165, 1.54) is 35.5 Å². The average Bonchev–Trinajstić information content (AvgIpc) is 3.34. The maximum atomic E-state index is 12.8. The Morgan fingerprint density at radius 1 is 1.12 bits per heavy atom. The Bertz CT molecular complexity index is 1580. The average molecular weight is 647 g/mol. The number of esters is 1. The lowest BCUT2D eigenvalue weighted by molar-refractivity contribution is -0.143. The number of aryl methyl sites for hydroxylation is 1. The van der Waals surface area contributed by atoms with Crippen LogP contribution >= 0.6 is 39.3 Å². The van der Waals surface area contributed by atoms with Crippen molar-refractivity contribution in [2.75, 3.05) is 24.8 Å². The van der Waals surface area contributed by atoms with E-state index in [1.54, 1.807) is 0 Å². The molecule has 0 fully saturated rings. The summed E-state index contributed by atoms with van der Waals surface area (Å²) in [6, 6.07) is 15.3. The number of carbonyl (C=O) groups is 3. The van der Waals surface area contributed by atoms with Crippen molar-refractivity contribution in [2.24, 2.45) is 0 Å². The van der Waals surface area contributed by atoms with Gasteiger partial charge in [0.1, 0.15) is 0 Å². The number of anilines is 1. The molecule has 1 aromatic heterocycles. The van der Waals surface area contributed by atoms with Crippen molar-refractivity contribution in [1.29, 1.82) is 0 Å². The zero-order chi connectivity index (χ0) is 28.8. The third kappa shape index (κ3) is 6.47. The molecule has 40 heavy (non-hydrogen) atoms. The van der Waals surface area contributed by atoms with E-state index in [2.05, 4.69) is 60.6 Å². The molecule has 0 radical (unpaired) electrons. The number of methoxy groups -OCH3 is 1. The Balaban J connectivity index is 1.46. The van der Waals surface area contributed by atoms with E-state index < -0.39 is 24.5 Å². The lowest BCUT2D eigenvalue weighted by Gasteiger charge is -2.15. The van der Waals surface area contributed by atoms with E-state index in [4.69, 9.17) is 11.6 Å². The van der Waals surface area contributed by atoms with Gasteiger partial charge in [-0.05, 0) is 57.6 Å². The van der Waals surface area contributed by atoms with Crippen LogP contribution in [0.15, 0.2) is 64.5 Å². The molecule has 3 aromatic carbocycles. The quantitative estimate of drug-likeness (QED) is 0.171. The minimum Gasteiger partial charge on any atom is -0.467 e. The molecule has 0 unspecified atom stereocenters. The largest absolute Gasteiger partial charge is 0.467 e. The van der Waals surface area contributed by atoms with Crippen molar-refractivity contribution < 1.29 is 24.2 Å². The molecule has 13 heteroatoms. The first-order valence-corrected chi connectivity index (χ1v) is 14.3. The number of amides is 2. The first-order chi connectivity index (χ1) is 19.3. The zero-order valence-corrected chi connectivity index (χ0v) is 24.6. The molecule has 208 valence electrons. The molecule has 0 aliphatic heterocycles. The standard InChI is InChI=1S/C27H25BrClN5O5S/c1-3-15-9-11-22(18-7-5-4-6-17(15)18)34-26(28)32-33-27(34)40-14-23(36)30-20-10-8-16(12-19(20)29)24(37)31-21(13-35)25(38)39-2/h4-12,21,35H,3,13-14H2,1-2H3,(H,30,36)(H,31,37)/t21-/m0/s1. The number of aromatic nitrogens is 3. The van der Waals surface area contributed by atoms with Gasteiger partial charge >= 0.3 is 5.97 Å². The Morgan fingerprint density at radius 2 is 1.88 bits per heavy atom. The van der Waals surface area contributed by atoms with Gasteiger partial charge in [-0.2, -0.15) is 0 Å². The maximum Gasteiger partial charge on any atom is 0.330 e. The van der Waals surface area contributed by atoms with Crippen LogP contribution in [0.3, 0.4) is 0 Å². The molecule has 0 aliphatic rings. The van der Waals surface area contributed by atoms with Gasteiger partial charge in [0.05, 0.1) is 35.9 Å². The van der Waals surface area contributed by atoms with Crippen LogP contribution in [0.25, 0.3) is 16.5 Å². The molecule has 4 rings (SSSR count). The van der Waals surface area contributed by atoms with Gasteiger partial charge in [-0.15, -0.1) is 10.2 Å². The summed E-state index contributed by atoms with van der Waals surface area (Å²) in [5, 5.41) is 25.6. The van der Waals surface area contributed by atoms with Crippen LogP contribution in [-0.4, -0.2) is 63.2 Å². The van der Waals surface area contributed by atoms with Crippen LogP contribution in [0.4, 0.5) is 5.69 Å². The number of hydrogen-bond donors (Lipinski definition) is 3. The van der Waals surface area contributed by atoms with Crippen LogP contribution < -0.4 is 10.6 Å². The van der Waals surface area contributed by atoms with Gasteiger partial charge in [0, 0.05) is 10.9 Å². The number of aliphatic hydroxyl groups excluding tert-OH is 1. The van der Waals surface area contributed by atoms with Crippen molar-refractivity contribution >= 4 is 73.5 Å². The lowest BCUT2D eigenvalue weighted by atomic mass is 10.0. The van der Waals surface area contributed by atoms with Crippen molar-refractivity contribution in [3.63, 3.8) is 0 Å². The number of hydrogen-bond acceptors (Lipinski definition) is 8. The Kier molecular flexibility index (Phi) is 9.80. The van der Waals surface area contributed by atoms with Crippen LogP contribution in [0.5, 0.6) is 0 Å². The summed E-state index contributed by atoms with van der Waals surface area (Å²) >= 11 is 11.0. The predicted octanol–water partition coefficient (Wildman–Crippen LogP) is 4.39. The molecule has 0 saturated carbocycles. The van der Waals surface area contributed by atoms with Gasteiger partial charge in [-0.25, -0.2) is 4.79 Å². The smallest absolute Gasteiger partial charge is 0.330 e.